The first-order valence-electron chi connectivity index (χ1n) is 8.71. The van der Waals surface area contributed by atoms with Crippen LogP contribution in [-0.2, 0) is 6.54 Å². The number of benzene rings is 2. The van der Waals surface area contributed by atoms with Gasteiger partial charge in [0.05, 0.1) is 0 Å². The average Bonchev–Trinajstić information content (AvgIpc) is 2.63. The Morgan fingerprint density at radius 3 is 2.68 bits per heavy atom. The molecule has 0 aliphatic heterocycles. The second-order valence-electron chi connectivity index (χ2n) is 6.46. The van der Waals surface area contributed by atoms with E-state index in [4.69, 9.17) is 23.8 Å². The molecule has 1 N–H and O–H groups in total. The zero-order valence-corrected chi connectivity index (χ0v) is 15.8. The Bertz CT molecular complexity index is 730. The van der Waals surface area contributed by atoms with Crippen molar-refractivity contribution in [3.8, 4) is 0 Å². The molecule has 1 aliphatic carbocycles. The van der Waals surface area contributed by atoms with Crippen molar-refractivity contribution in [3.05, 3.63) is 77.3 Å². The van der Waals surface area contributed by atoms with Crippen molar-refractivity contribution >= 4 is 34.6 Å². The Balaban J connectivity index is 1.71. The zero-order valence-electron chi connectivity index (χ0n) is 14.2. The van der Waals surface area contributed by atoms with Gasteiger partial charge in [-0.15, -0.1) is 0 Å². The second-order valence-corrected chi connectivity index (χ2v) is 7.28. The molecule has 3 rings (SSSR count). The van der Waals surface area contributed by atoms with E-state index < -0.39 is 0 Å². The molecule has 25 heavy (non-hydrogen) atoms. The summed E-state index contributed by atoms with van der Waals surface area (Å²) >= 11 is 11.8. The summed E-state index contributed by atoms with van der Waals surface area (Å²) in [6, 6.07) is 18.2. The van der Waals surface area contributed by atoms with E-state index in [0.717, 1.165) is 30.3 Å². The van der Waals surface area contributed by atoms with Crippen LogP contribution >= 0.6 is 23.8 Å². The lowest BCUT2D eigenvalue weighted by molar-refractivity contribution is 0.319. The van der Waals surface area contributed by atoms with E-state index in [2.05, 4.69) is 46.6 Å². The summed E-state index contributed by atoms with van der Waals surface area (Å²) in [6.07, 6.45) is 8.09. The van der Waals surface area contributed by atoms with E-state index in [1.807, 2.05) is 30.3 Å². The van der Waals surface area contributed by atoms with Crippen LogP contribution in [0.2, 0.25) is 5.02 Å². The number of hydrogen-bond acceptors (Lipinski definition) is 1. The Kier molecular flexibility index (Phi) is 6.48. The SMILES string of the molecule is S=C(Nc1cccc(Cl)c1)N(Cc1ccccc1)CC1CC=CCC1. The van der Waals surface area contributed by atoms with Gasteiger partial charge in [-0.3, -0.25) is 0 Å². The molecule has 0 saturated carbocycles. The lowest BCUT2D eigenvalue weighted by Crippen LogP contribution is -2.38. The number of anilines is 1. The number of hydrogen-bond donors (Lipinski definition) is 1. The maximum absolute atomic E-state index is 6.09. The molecule has 0 radical (unpaired) electrons. The highest BCUT2D eigenvalue weighted by atomic mass is 35.5. The minimum Gasteiger partial charge on any atom is -0.344 e. The maximum atomic E-state index is 6.09. The molecular weight excluding hydrogens is 348 g/mol. The Labute approximate surface area is 160 Å². The number of halogens is 1. The molecular formula is C21H23ClN2S. The summed E-state index contributed by atoms with van der Waals surface area (Å²) in [5.41, 5.74) is 2.20. The third-order valence-corrected chi connectivity index (χ3v) is 5.03. The van der Waals surface area contributed by atoms with Crippen LogP contribution in [0.25, 0.3) is 0 Å². The van der Waals surface area contributed by atoms with Gasteiger partial charge in [0, 0.05) is 23.8 Å². The predicted octanol–water partition coefficient (Wildman–Crippen LogP) is 5.90. The fourth-order valence-corrected chi connectivity index (χ4v) is 3.57. The number of rotatable bonds is 5. The summed E-state index contributed by atoms with van der Waals surface area (Å²) in [4.78, 5) is 2.27. The molecule has 0 fully saturated rings. The molecule has 0 bridgehead atoms. The van der Waals surface area contributed by atoms with Crippen LogP contribution in [0.3, 0.4) is 0 Å². The minimum atomic E-state index is 0.646. The second kappa shape index (κ2) is 9.02. The normalized spacial score (nSPS) is 16.4. The highest BCUT2D eigenvalue weighted by Crippen LogP contribution is 2.22. The molecule has 130 valence electrons. The number of nitrogens with one attached hydrogen (secondary N) is 1. The van der Waals surface area contributed by atoms with Crippen LogP contribution < -0.4 is 5.32 Å². The lowest BCUT2D eigenvalue weighted by Gasteiger charge is -2.31. The van der Waals surface area contributed by atoms with Gasteiger partial charge in [-0.25, -0.2) is 0 Å². The Morgan fingerprint density at radius 2 is 1.96 bits per heavy atom. The summed E-state index contributed by atoms with van der Waals surface area (Å²) in [5, 5.41) is 4.81. The number of allylic oxidation sites excluding steroid dienone is 2. The monoisotopic (exact) mass is 370 g/mol. The van der Waals surface area contributed by atoms with Crippen molar-refractivity contribution in [1.29, 1.82) is 0 Å². The van der Waals surface area contributed by atoms with E-state index >= 15 is 0 Å². The van der Waals surface area contributed by atoms with Crippen LogP contribution in [0.5, 0.6) is 0 Å². The summed E-state index contributed by atoms with van der Waals surface area (Å²) < 4.78 is 0. The quantitative estimate of drug-likeness (QED) is 0.521. The van der Waals surface area contributed by atoms with Gasteiger partial charge in [0.15, 0.2) is 5.11 Å². The molecule has 0 amide bonds. The van der Waals surface area contributed by atoms with E-state index in [9.17, 15) is 0 Å². The maximum Gasteiger partial charge on any atom is 0.173 e. The van der Waals surface area contributed by atoms with Crippen molar-refractivity contribution in [3.63, 3.8) is 0 Å². The summed E-state index contributed by atoms with van der Waals surface area (Å²) in [5.74, 6) is 0.646. The molecule has 1 aliphatic rings. The number of thiocarbonyl (C=S) groups is 1. The molecule has 1 atom stereocenters. The summed E-state index contributed by atoms with van der Waals surface area (Å²) in [7, 11) is 0. The zero-order chi connectivity index (χ0) is 17.5. The molecule has 0 aromatic heterocycles. The highest BCUT2D eigenvalue weighted by Gasteiger charge is 2.18. The van der Waals surface area contributed by atoms with Crippen molar-refractivity contribution in [2.45, 2.75) is 25.8 Å². The fraction of sp³-hybridized carbons (Fsp3) is 0.286. The topological polar surface area (TPSA) is 15.3 Å². The van der Waals surface area contributed by atoms with Crippen molar-refractivity contribution in [2.75, 3.05) is 11.9 Å². The van der Waals surface area contributed by atoms with Gasteiger partial charge < -0.3 is 10.2 Å². The van der Waals surface area contributed by atoms with E-state index in [-0.39, 0.29) is 0 Å². The van der Waals surface area contributed by atoms with Crippen LogP contribution in [0.15, 0.2) is 66.7 Å². The molecule has 1 unspecified atom stereocenters. The first kappa shape index (κ1) is 18.0. The van der Waals surface area contributed by atoms with Crippen LogP contribution in [0, 0.1) is 5.92 Å². The van der Waals surface area contributed by atoms with Crippen LogP contribution in [0.4, 0.5) is 5.69 Å². The van der Waals surface area contributed by atoms with Gasteiger partial charge in [-0.2, -0.15) is 0 Å². The molecule has 2 nitrogen and oxygen atoms in total. The smallest absolute Gasteiger partial charge is 0.173 e. The first-order valence-corrected chi connectivity index (χ1v) is 9.50. The van der Waals surface area contributed by atoms with Crippen molar-refractivity contribution in [2.24, 2.45) is 5.92 Å². The molecule has 2 aromatic carbocycles. The van der Waals surface area contributed by atoms with Crippen molar-refractivity contribution in [1.82, 2.24) is 4.90 Å². The lowest BCUT2D eigenvalue weighted by atomic mass is 9.94. The van der Waals surface area contributed by atoms with Gasteiger partial charge in [0.1, 0.15) is 0 Å². The number of nitrogens with zero attached hydrogens (tertiary/aromatic N) is 1. The van der Waals surface area contributed by atoms with Gasteiger partial charge in [-0.1, -0.05) is 60.2 Å². The molecule has 0 spiro atoms. The van der Waals surface area contributed by atoms with Crippen LogP contribution in [-0.4, -0.2) is 16.6 Å². The van der Waals surface area contributed by atoms with Crippen LogP contribution in [0.1, 0.15) is 24.8 Å². The van der Waals surface area contributed by atoms with E-state index in [1.165, 1.54) is 18.4 Å². The largest absolute Gasteiger partial charge is 0.344 e. The third kappa shape index (κ3) is 5.58. The minimum absolute atomic E-state index is 0.646. The highest BCUT2D eigenvalue weighted by molar-refractivity contribution is 7.80. The van der Waals surface area contributed by atoms with E-state index in [1.54, 1.807) is 0 Å². The third-order valence-electron chi connectivity index (χ3n) is 4.44. The van der Waals surface area contributed by atoms with Gasteiger partial charge >= 0.3 is 0 Å². The van der Waals surface area contributed by atoms with Gasteiger partial charge in [-0.05, 0) is 61.2 Å². The Hall–Kier alpha value is -1.84. The van der Waals surface area contributed by atoms with Gasteiger partial charge in [0.2, 0.25) is 0 Å². The molecule has 2 aromatic rings. The van der Waals surface area contributed by atoms with Crippen molar-refractivity contribution < 1.29 is 0 Å². The van der Waals surface area contributed by atoms with E-state index in [0.29, 0.717) is 10.9 Å². The molecule has 0 heterocycles. The first-order chi connectivity index (χ1) is 12.2. The fourth-order valence-electron chi connectivity index (χ4n) is 3.13. The summed E-state index contributed by atoms with van der Waals surface area (Å²) in [6.45, 7) is 1.78. The predicted molar refractivity (Wildman–Crippen MR) is 111 cm³/mol. The molecule has 0 saturated heterocycles. The molecule has 4 heteroatoms. The Morgan fingerprint density at radius 1 is 1.12 bits per heavy atom. The standard InChI is InChI=1S/C21H23ClN2S/c22-19-12-7-13-20(14-19)23-21(25)24(15-17-8-3-1-4-9-17)16-18-10-5-2-6-11-18/h1-5,7-9,12-14,18H,6,10-11,15-16H2,(H,23,25). The van der Waals surface area contributed by atoms with Gasteiger partial charge in [0.25, 0.3) is 0 Å². The average molecular weight is 371 g/mol.